The summed E-state index contributed by atoms with van der Waals surface area (Å²) in [6.07, 6.45) is 4.60. The van der Waals surface area contributed by atoms with Gasteiger partial charge in [0.25, 0.3) is 0 Å². The van der Waals surface area contributed by atoms with Gasteiger partial charge in [0.05, 0.1) is 11.8 Å². The highest BCUT2D eigenvalue weighted by molar-refractivity contribution is 5.64. The summed E-state index contributed by atoms with van der Waals surface area (Å²) in [7, 11) is 0. The number of aliphatic hydroxyl groups is 1. The van der Waals surface area contributed by atoms with Crippen molar-refractivity contribution in [3.63, 3.8) is 0 Å². The van der Waals surface area contributed by atoms with Crippen molar-refractivity contribution in [3.8, 4) is 11.5 Å². The maximum absolute atomic E-state index is 9.43. The predicted molar refractivity (Wildman–Crippen MR) is 59.4 cm³/mol. The van der Waals surface area contributed by atoms with Crippen LogP contribution in [0, 0.1) is 0 Å². The van der Waals surface area contributed by atoms with Gasteiger partial charge >= 0.3 is 0 Å². The Hall–Kier alpha value is -1.94. The third-order valence-corrected chi connectivity index (χ3v) is 2.65. The molecule has 0 spiro atoms. The maximum atomic E-state index is 9.43. The second-order valence-corrected chi connectivity index (χ2v) is 3.85. The van der Waals surface area contributed by atoms with E-state index in [2.05, 4.69) is 5.32 Å². The molecule has 1 aromatic carbocycles. The lowest BCUT2D eigenvalue weighted by Crippen LogP contribution is -2.31. The van der Waals surface area contributed by atoms with Crippen molar-refractivity contribution in [2.24, 2.45) is 0 Å². The van der Waals surface area contributed by atoms with E-state index in [9.17, 15) is 10.2 Å². The number of hydrogen-bond donors (Lipinski definition) is 3. The molecule has 0 aromatic heterocycles. The third kappa shape index (κ3) is 1.44. The van der Waals surface area contributed by atoms with Crippen LogP contribution < -0.4 is 10.1 Å². The number of aromatic hydroxyl groups is 1. The maximum Gasteiger partial charge on any atom is 0.153 e. The Balaban J connectivity index is 2.01. The molecule has 4 nitrogen and oxygen atoms in total. The van der Waals surface area contributed by atoms with E-state index in [-0.39, 0.29) is 11.8 Å². The van der Waals surface area contributed by atoms with Crippen molar-refractivity contribution < 1.29 is 14.9 Å². The topological polar surface area (TPSA) is 61.7 Å². The second kappa shape index (κ2) is 3.28. The molecule has 0 saturated carbocycles. The smallest absolute Gasteiger partial charge is 0.153 e. The molecule has 0 saturated heterocycles. The van der Waals surface area contributed by atoms with Crippen LogP contribution in [0.2, 0.25) is 0 Å². The van der Waals surface area contributed by atoms with Crippen LogP contribution in [-0.4, -0.2) is 22.4 Å². The zero-order chi connectivity index (χ0) is 11.1. The largest absolute Gasteiger partial charge is 0.508 e. The zero-order valence-corrected chi connectivity index (χ0v) is 8.42. The molecule has 3 rings (SSSR count). The Kier molecular flexibility index (Phi) is 1.91. The van der Waals surface area contributed by atoms with E-state index in [1.807, 2.05) is 6.08 Å². The van der Waals surface area contributed by atoms with Gasteiger partial charge in [-0.05, 0) is 18.2 Å². The SMILES string of the molecule is Oc1ccc2c(c1)OC1=CC(O)C=CC1N2. The first-order valence-electron chi connectivity index (χ1n) is 5.08. The van der Waals surface area contributed by atoms with Crippen LogP contribution in [0.1, 0.15) is 0 Å². The minimum Gasteiger partial charge on any atom is -0.508 e. The Morgan fingerprint density at radius 1 is 1.25 bits per heavy atom. The van der Waals surface area contributed by atoms with Gasteiger partial charge in [-0.15, -0.1) is 0 Å². The highest BCUT2D eigenvalue weighted by atomic mass is 16.5. The van der Waals surface area contributed by atoms with Gasteiger partial charge in [0, 0.05) is 6.07 Å². The molecule has 82 valence electrons. The number of nitrogens with one attached hydrogen (secondary N) is 1. The molecule has 1 aliphatic heterocycles. The fourth-order valence-corrected chi connectivity index (χ4v) is 1.87. The number of fused-ring (bicyclic) bond motifs is 2. The highest BCUT2D eigenvalue weighted by Crippen LogP contribution is 2.36. The van der Waals surface area contributed by atoms with Crippen LogP contribution in [0.4, 0.5) is 5.69 Å². The number of rotatable bonds is 0. The molecule has 0 amide bonds. The fraction of sp³-hybridized carbons (Fsp3) is 0.167. The highest BCUT2D eigenvalue weighted by Gasteiger charge is 2.25. The summed E-state index contributed by atoms with van der Waals surface area (Å²) < 4.78 is 5.61. The molecular weight excluding hydrogens is 206 g/mol. The van der Waals surface area contributed by atoms with Gasteiger partial charge in [-0.3, -0.25) is 0 Å². The van der Waals surface area contributed by atoms with Gasteiger partial charge in [-0.2, -0.15) is 0 Å². The minimum atomic E-state index is -0.605. The molecule has 1 aliphatic carbocycles. The molecular formula is C12H11NO3. The first-order chi connectivity index (χ1) is 7.72. The average Bonchev–Trinajstić information content (AvgIpc) is 2.26. The van der Waals surface area contributed by atoms with E-state index in [1.54, 1.807) is 30.4 Å². The lowest BCUT2D eigenvalue weighted by Gasteiger charge is -2.30. The molecule has 0 bridgehead atoms. The minimum absolute atomic E-state index is 0.0413. The number of aliphatic hydroxyl groups excluding tert-OH is 1. The summed E-state index contributed by atoms with van der Waals surface area (Å²) >= 11 is 0. The van der Waals surface area contributed by atoms with E-state index in [4.69, 9.17) is 4.74 Å². The molecule has 2 aliphatic rings. The number of ether oxygens (including phenoxy) is 1. The Bertz CT molecular complexity index is 493. The van der Waals surface area contributed by atoms with E-state index in [0.29, 0.717) is 11.5 Å². The summed E-state index contributed by atoms with van der Waals surface area (Å²) in [5, 5.41) is 22.0. The lowest BCUT2D eigenvalue weighted by atomic mass is 10.0. The number of anilines is 1. The molecule has 0 fully saturated rings. The molecule has 16 heavy (non-hydrogen) atoms. The number of phenolic OH excluding ortho intramolecular Hbond substituents is 1. The molecule has 3 N–H and O–H groups in total. The van der Waals surface area contributed by atoms with Crippen molar-refractivity contribution in [1.29, 1.82) is 0 Å². The Morgan fingerprint density at radius 2 is 2.12 bits per heavy atom. The van der Waals surface area contributed by atoms with E-state index in [1.165, 1.54) is 0 Å². The fourth-order valence-electron chi connectivity index (χ4n) is 1.87. The number of benzene rings is 1. The number of phenols is 1. The standard InChI is InChI=1S/C12H11NO3/c14-7-1-3-9-11(5-7)16-12-6-8(15)2-4-10(12)13-9/h1-7,9,13-15H. The van der Waals surface area contributed by atoms with Gasteiger partial charge in [-0.25, -0.2) is 0 Å². The summed E-state index contributed by atoms with van der Waals surface area (Å²) in [5.41, 5.74) is 0.834. The zero-order valence-electron chi connectivity index (χ0n) is 8.42. The summed E-state index contributed by atoms with van der Waals surface area (Å²) in [5.74, 6) is 1.39. The van der Waals surface area contributed by atoms with Crippen LogP contribution >= 0.6 is 0 Å². The van der Waals surface area contributed by atoms with Crippen molar-refractivity contribution in [2.45, 2.75) is 12.1 Å². The molecule has 1 heterocycles. The van der Waals surface area contributed by atoms with Gasteiger partial charge in [0.15, 0.2) is 5.75 Å². The van der Waals surface area contributed by atoms with E-state index in [0.717, 1.165) is 5.69 Å². The van der Waals surface area contributed by atoms with Crippen LogP contribution in [0.15, 0.2) is 42.2 Å². The molecule has 4 heteroatoms. The van der Waals surface area contributed by atoms with Crippen molar-refractivity contribution in [3.05, 3.63) is 42.2 Å². The average molecular weight is 217 g/mol. The molecule has 2 atom stereocenters. The van der Waals surface area contributed by atoms with Gasteiger partial charge in [-0.1, -0.05) is 12.2 Å². The van der Waals surface area contributed by atoms with Crippen molar-refractivity contribution in [1.82, 2.24) is 0 Å². The van der Waals surface area contributed by atoms with E-state index >= 15 is 0 Å². The molecule has 2 unspecified atom stereocenters. The molecule has 0 radical (unpaired) electrons. The van der Waals surface area contributed by atoms with Gasteiger partial charge in [0.1, 0.15) is 17.6 Å². The quantitative estimate of drug-likeness (QED) is 0.454. The summed E-state index contributed by atoms with van der Waals surface area (Å²) in [4.78, 5) is 0. The lowest BCUT2D eigenvalue weighted by molar-refractivity contribution is 0.257. The van der Waals surface area contributed by atoms with Crippen LogP contribution in [0.5, 0.6) is 11.5 Å². The normalized spacial score (nSPS) is 25.9. The van der Waals surface area contributed by atoms with E-state index < -0.39 is 6.10 Å². The second-order valence-electron chi connectivity index (χ2n) is 3.85. The number of hydrogen-bond acceptors (Lipinski definition) is 4. The van der Waals surface area contributed by atoms with Gasteiger partial charge in [0.2, 0.25) is 0 Å². The summed E-state index contributed by atoms with van der Waals surface area (Å²) in [6.45, 7) is 0. The van der Waals surface area contributed by atoms with Crippen molar-refractivity contribution >= 4 is 5.69 Å². The van der Waals surface area contributed by atoms with Gasteiger partial charge < -0.3 is 20.3 Å². The first kappa shape index (κ1) is 9.30. The Labute approximate surface area is 92.5 Å². The third-order valence-electron chi connectivity index (χ3n) is 2.65. The predicted octanol–water partition coefficient (Wildman–Crippen LogP) is 1.38. The molecule has 1 aromatic rings. The first-order valence-corrected chi connectivity index (χ1v) is 5.08. The monoisotopic (exact) mass is 217 g/mol. The van der Waals surface area contributed by atoms with Crippen molar-refractivity contribution in [2.75, 3.05) is 5.32 Å². The van der Waals surface area contributed by atoms with Crippen LogP contribution in [-0.2, 0) is 0 Å². The Morgan fingerprint density at radius 3 is 3.00 bits per heavy atom. The van der Waals surface area contributed by atoms with Crippen LogP contribution in [0.3, 0.4) is 0 Å². The summed E-state index contributed by atoms with van der Waals surface area (Å²) in [6, 6.07) is 4.87. The van der Waals surface area contributed by atoms with Crippen LogP contribution in [0.25, 0.3) is 0 Å².